The van der Waals surface area contributed by atoms with E-state index in [2.05, 4.69) is 49.0 Å². The van der Waals surface area contributed by atoms with Gasteiger partial charge in [-0.15, -0.1) is 10.2 Å². The molecule has 1 aromatic carbocycles. The highest BCUT2D eigenvalue weighted by Gasteiger charge is 2.23. The summed E-state index contributed by atoms with van der Waals surface area (Å²) in [4.78, 5) is 6.51. The molecule has 6 nitrogen and oxygen atoms in total. The van der Waals surface area contributed by atoms with Crippen LogP contribution in [0.3, 0.4) is 0 Å². The second-order valence-electron chi connectivity index (χ2n) is 7.05. The van der Waals surface area contributed by atoms with Crippen molar-refractivity contribution in [2.45, 2.75) is 44.8 Å². The number of hydrogen-bond acceptors (Lipinski definition) is 6. The Bertz CT molecular complexity index is 808. The molecule has 3 heterocycles. The number of nitrogens with one attached hydrogen (secondary N) is 1. The first-order chi connectivity index (χ1) is 13.3. The van der Waals surface area contributed by atoms with Crippen molar-refractivity contribution >= 4 is 16.5 Å². The minimum atomic E-state index is 0.488. The Morgan fingerprint density at radius 3 is 2.70 bits per heavy atom. The van der Waals surface area contributed by atoms with Gasteiger partial charge >= 0.3 is 0 Å². The molecule has 1 aliphatic heterocycles. The Morgan fingerprint density at radius 2 is 2.00 bits per heavy atom. The van der Waals surface area contributed by atoms with Crippen molar-refractivity contribution in [2.24, 2.45) is 0 Å². The van der Waals surface area contributed by atoms with Crippen molar-refractivity contribution in [1.29, 1.82) is 0 Å². The minimum absolute atomic E-state index is 0.488. The highest BCUT2D eigenvalue weighted by atomic mass is 32.1. The lowest BCUT2D eigenvalue weighted by atomic mass is 10.0. The number of hydrogen-bond donors (Lipinski definition) is 1. The van der Waals surface area contributed by atoms with Gasteiger partial charge in [0.05, 0.1) is 6.33 Å². The zero-order chi connectivity index (χ0) is 18.5. The normalized spacial score (nSPS) is 16.6. The van der Waals surface area contributed by atoms with Crippen LogP contribution in [0.1, 0.15) is 26.2 Å². The van der Waals surface area contributed by atoms with Gasteiger partial charge in [-0.3, -0.25) is 0 Å². The average Bonchev–Trinajstić information content (AvgIpc) is 3.41. The number of nitrogens with zero attached hydrogens (tertiary/aromatic N) is 5. The number of rotatable bonds is 7. The number of aromatic nitrogens is 4. The van der Waals surface area contributed by atoms with Crippen molar-refractivity contribution in [1.82, 2.24) is 25.1 Å². The molecular formula is C20H26N6S. The maximum absolute atomic E-state index is 4.43. The van der Waals surface area contributed by atoms with E-state index < -0.39 is 0 Å². The molecular weight excluding hydrogens is 356 g/mol. The lowest BCUT2D eigenvalue weighted by molar-refractivity contribution is 0.336. The van der Waals surface area contributed by atoms with E-state index in [1.165, 1.54) is 0 Å². The molecule has 1 aliphatic rings. The van der Waals surface area contributed by atoms with Gasteiger partial charge in [-0.1, -0.05) is 48.6 Å². The molecule has 0 radical (unpaired) electrons. The molecule has 142 valence electrons. The van der Waals surface area contributed by atoms with E-state index in [9.17, 15) is 0 Å². The zero-order valence-electron chi connectivity index (χ0n) is 15.7. The molecule has 1 unspecified atom stereocenters. The molecule has 1 saturated heterocycles. The molecule has 0 saturated carbocycles. The van der Waals surface area contributed by atoms with Gasteiger partial charge in [0.1, 0.15) is 5.01 Å². The van der Waals surface area contributed by atoms with E-state index in [1.807, 2.05) is 36.9 Å². The van der Waals surface area contributed by atoms with Crippen LogP contribution in [0.2, 0.25) is 0 Å². The number of anilines is 1. The van der Waals surface area contributed by atoms with Crippen LogP contribution < -0.4 is 10.2 Å². The van der Waals surface area contributed by atoms with Gasteiger partial charge in [-0.05, 0) is 19.3 Å². The van der Waals surface area contributed by atoms with Gasteiger partial charge in [0.15, 0.2) is 0 Å². The Balaban J connectivity index is 1.30. The lowest BCUT2D eigenvalue weighted by Crippen LogP contribution is -2.47. The van der Waals surface area contributed by atoms with Crippen molar-refractivity contribution in [2.75, 3.05) is 18.0 Å². The third-order valence-electron chi connectivity index (χ3n) is 5.16. The third kappa shape index (κ3) is 4.54. The predicted octanol–water partition coefficient (Wildman–Crippen LogP) is 3.44. The van der Waals surface area contributed by atoms with Crippen LogP contribution >= 0.6 is 11.3 Å². The number of piperidine rings is 1. The van der Waals surface area contributed by atoms with Gasteiger partial charge in [-0.2, -0.15) is 0 Å². The van der Waals surface area contributed by atoms with Crippen molar-refractivity contribution < 1.29 is 0 Å². The van der Waals surface area contributed by atoms with Crippen LogP contribution in [0, 0.1) is 0 Å². The van der Waals surface area contributed by atoms with E-state index in [0.717, 1.165) is 54.6 Å². The predicted molar refractivity (Wildman–Crippen MR) is 110 cm³/mol. The number of benzene rings is 1. The van der Waals surface area contributed by atoms with E-state index in [4.69, 9.17) is 0 Å². The molecule has 1 fully saturated rings. The van der Waals surface area contributed by atoms with Crippen LogP contribution in [0.25, 0.3) is 10.6 Å². The second-order valence-corrected chi connectivity index (χ2v) is 8.00. The largest absolute Gasteiger partial charge is 0.347 e. The highest BCUT2D eigenvalue weighted by molar-refractivity contribution is 7.18. The first-order valence-electron chi connectivity index (χ1n) is 9.67. The fourth-order valence-electron chi connectivity index (χ4n) is 3.56. The average molecular weight is 383 g/mol. The summed E-state index contributed by atoms with van der Waals surface area (Å²) in [6.45, 7) is 5.29. The molecule has 0 bridgehead atoms. The summed E-state index contributed by atoms with van der Waals surface area (Å²) in [5.74, 6) is 0. The SMILES string of the molecule is CCC(Cn1ccnc1)NC1CCN(c2nnc(-c3ccccc3)s2)CC1. The Labute approximate surface area is 164 Å². The fourth-order valence-corrected chi connectivity index (χ4v) is 4.46. The smallest absolute Gasteiger partial charge is 0.208 e. The second kappa shape index (κ2) is 8.63. The van der Waals surface area contributed by atoms with E-state index in [0.29, 0.717) is 12.1 Å². The van der Waals surface area contributed by atoms with Crippen LogP contribution in [0.15, 0.2) is 49.1 Å². The molecule has 1 N–H and O–H groups in total. The van der Waals surface area contributed by atoms with Crippen molar-refractivity contribution in [3.8, 4) is 10.6 Å². The molecule has 4 rings (SSSR count). The topological polar surface area (TPSA) is 58.9 Å². The van der Waals surface area contributed by atoms with Gasteiger partial charge in [-0.25, -0.2) is 4.98 Å². The molecule has 1 atom stereocenters. The van der Waals surface area contributed by atoms with Gasteiger partial charge < -0.3 is 14.8 Å². The first-order valence-corrected chi connectivity index (χ1v) is 10.5. The summed E-state index contributed by atoms with van der Waals surface area (Å²) in [5, 5.41) is 14.7. The standard InChI is InChI=1S/C20H26N6S/c1-2-17(14-25-13-10-21-15-25)22-18-8-11-26(12-9-18)20-24-23-19(27-20)16-6-4-3-5-7-16/h3-7,10,13,15,17-18,22H,2,8-9,11-12,14H2,1H3. The van der Waals surface area contributed by atoms with Crippen LogP contribution in [0.5, 0.6) is 0 Å². The van der Waals surface area contributed by atoms with Crippen LogP contribution in [-0.2, 0) is 6.54 Å². The van der Waals surface area contributed by atoms with E-state index in [1.54, 1.807) is 11.3 Å². The fraction of sp³-hybridized carbons (Fsp3) is 0.450. The molecule has 27 heavy (non-hydrogen) atoms. The molecule has 0 amide bonds. The Morgan fingerprint density at radius 1 is 1.19 bits per heavy atom. The molecule has 0 aliphatic carbocycles. The summed E-state index contributed by atoms with van der Waals surface area (Å²) in [6.07, 6.45) is 9.17. The van der Waals surface area contributed by atoms with Gasteiger partial charge in [0.2, 0.25) is 5.13 Å². The maximum Gasteiger partial charge on any atom is 0.208 e. The lowest BCUT2D eigenvalue weighted by Gasteiger charge is -2.34. The molecule has 2 aromatic heterocycles. The summed E-state index contributed by atoms with van der Waals surface area (Å²) < 4.78 is 2.16. The molecule has 7 heteroatoms. The summed E-state index contributed by atoms with van der Waals surface area (Å²) >= 11 is 1.69. The third-order valence-corrected chi connectivity index (χ3v) is 6.19. The van der Waals surface area contributed by atoms with Crippen molar-refractivity contribution in [3.05, 3.63) is 49.1 Å². The number of imidazole rings is 1. The maximum atomic E-state index is 4.43. The van der Waals surface area contributed by atoms with E-state index >= 15 is 0 Å². The minimum Gasteiger partial charge on any atom is -0.347 e. The first kappa shape index (κ1) is 18.1. The Kier molecular flexibility index (Phi) is 5.79. The van der Waals surface area contributed by atoms with Crippen LogP contribution in [-0.4, -0.2) is 44.9 Å². The molecule has 0 spiro atoms. The van der Waals surface area contributed by atoms with Gasteiger partial charge in [0.25, 0.3) is 0 Å². The zero-order valence-corrected chi connectivity index (χ0v) is 16.5. The van der Waals surface area contributed by atoms with E-state index in [-0.39, 0.29) is 0 Å². The summed E-state index contributed by atoms with van der Waals surface area (Å²) in [7, 11) is 0. The summed E-state index contributed by atoms with van der Waals surface area (Å²) in [5.41, 5.74) is 1.14. The Hall–Kier alpha value is -2.25. The van der Waals surface area contributed by atoms with Gasteiger partial charge in [0, 0.05) is 49.7 Å². The van der Waals surface area contributed by atoms with Crippen LogP contribution in [0.4, 0.5) is 5.13 Å². The van der Waals surface area contributed by atoms with Crippen molar-refractivity contribution in [3.63, 3.8) is 0 Å². The monoisotopic (exact) mass is 382 g/mol. The molecule has 3 aromatic rings. The quantitative estimate of drug-likeness (QED) is 0.678. The highest BCUT2D eigenvalue weighted by Crippen LogP contribution is 2.30. The summed E-state index contributed by atoms with van der Waals surface area (Å²) in [6, 6.07) is 11.3.